The van der Waals surface area contributed by atoms with E-state index in [0.29, 0.717) is 19.5 Å². The van der Waals surface area contributed by atoms with Gasteiger partial charge in [0.2, 0.25) is 5.91 Å². The summed E-state index contributed by atoms with van der Waals surface area (Å²) in [6.45, 7) is 7.15. The highest BCUT2D eigenvalue weighted by molar-refractivity contribution is 5.81. The van der Waals surface area contributed by atoms with Crippen LogP contribution in [0.15, 0.2) is 24.3 Å². The molecule has 0 heterocycles. The van der Waals surface area contributed by atoms with Crippen molar-refractivity contribution in [2.75, 3.05) is 13.6 Å². The van der Waals surface area contributed by atoms with E-state index in [1.807, 2.05) is 33.0 Å². The van der Waals surface area contributed by atoms with E-state index in [4.69, 9.17) is 5.73 Å². The summed E-state index contributed by atoms with van der Waals surface area (Å²) in [6.07, 6.45) is 0.712. The molecule has 0 aromatic heterocycles. The van der Waals surface area contributed by atoms with Gasteiger partial charge in [0.1, 0.15) is 0 Å². The summed E-state index contributed by atoms with van der Waals surface area (Å²) in [5.41, 5.74) is 7.55. The molecular formula is C15H24N2O. The lowest BCUT2D eigenvalue weighted by Crippen LogP contribution is -2.39. The van der Waals surface area contributed by atoms with Crippen LogP contribution in [0.5, 0.6) is 0 Å². The van der Waals surface area contributed by atoms with E-state index in [2.05, 4.69) is 19.1 Å². The van der Waals surface area contributed by atoms with Crippen molar-refractivity contribution in [3.05, 3.63) is 35.4 Å². The minimum atomic E-state index is -0.382. The monoisotopic (exact) mass is 248 g/mol. The van der Waals surface area contributed by atoms with Gasteiger partial charge >= 0.3 is 0 Å². The predicted molar refractivity (Wildman–Crippen MR) is 75.1 cm³/mol. The summed E-state index contributed by atoms with van der Waals surface area (Å²) in [5.74, 6) is 0.148. The van der Waals surface area contributed by atoms with Gasteiger partial charge < -0.3 is 10.6 Å². The number of hydrogen-bond donors (Lipinski definition) is 1. The maximum atomic E-state index is 12.3. The molecule has 3 nitrogen and oxygen atoms in total. The average molecular weight is 248 g/mol. The molecule has 0 aliphatic carbocycles. The van der Waals surface area contributed by atoms with Crippen LogP contribution in [0.25, 0.3) is 0 Å². The Kier molecular flexibility index (Phi) is 4.91. The number of benzene rings is 1. The summed E-state index contributed by atoms with van der Waals surface area (Å²) in [7, 11) is 1.85. The number of carbonyl (C=O) groups is 1. The second-order valence-electron chi connectivity index (χ2n) is 5.57. The lowest BCUT2D eigenvalue weighted by Gasteiger charge is -2.29. The Balaban J connectivity index is 2.71. The molecule has 1 aromatic carbocycles. The molecule has 1 aromatic rings. The van der Waals surface area contributed by atoms with E-state index in [0.717, 1.165) is 5.56 Å². The number of nitrogens with two attached hydrogens (primary N) is 1. The zero-order valence-corrected chi connectivity index (χ0v) is 11.9. The quantitative estimate of drug-likeness (QED) is 0.869. The smallest absolute Gasteiger partial charge is 0.228 e. The molecule has 0 fully saturated rings. The number of rotatable bonds is 5. The fourth-order valence-electron chi connectivity index (χ4n) is 2.14. The van der Waals surface area contributed by atoms with Crippen LogP contribution >= 0.6 is 0 Å². The van der Waals surface area contributed by atoms with Crippen molar-refractivity contribution < 1.29 is 4.79 Å². The van der Waals surface area contributed by atoms with Crippen LogP contribution in [0.2, 0.25) is 0 Å². The Morgan fingerprint density at radius 3 is 2.61 bits per heavy atom. The number of carbonyl (C=O) groups excluding carboxylic acids is 1. The van der Waals surface area contributed by atoms with Gasteiger partial charge in [-0.05, 0) is 25.5 Å². The van der Waals surface area contributed by atoms with Crippen LogP contribution in [0.4, 0.5) is 0 Å². The average Bonchev–Trinajstić information content (AvgIpc) is 2.27. The summed E-state index contributed by atoms with van der Waals surface area (Å²) >= 11 is 0. The van der Waals surface area contributed by atoms with Crippen LogP contribution in [-0.2, 0) is 11.3 Å². The molecule has 0 spiro atoms. The maximum absolute atomic E-state index is 12.3. The van der Waals surface area contributed by atoms with E-state index in [-0.39, 0.29) is 11.3 Å². The molecule has 0 aliphatic rings. The zero-order chi connectivity index (χ0) is 13.8. The normalized spacial score (nSPS) is 11.4. The third-order valence-electron chi connectivity index (χ3n) is 3.20. The van der Waals surface area contributed by atoms with Crippen molar-refractivity contribution in [3.8, 4) is 0 Å². The van der Waals surface area contributed by atoms with Crippen molar-refractivity contribution in [3.63, 3.8) is 0 Å². The number of aryl methyl sites for hydroxylation is 1. The Morgan fingerprint density at radius 2 is 2.06 bits per heavy atom. The Bertz CT molecular complexity index is 413. The van der Waals surface area contributed by atoms with Gasteiger partial charge in [-0.15, -0.1) is 0 Å². The second kappa shape index (κ2) is 6.01. The van der Waals surface area contributed by atoms with E-state index in [1.54, 1.807) is 4.90 Å². The van der Waals surface area contributed by atoms with Crippen molar-refractivity contribution >= 4 is 5.91 Å². The molecule has 0 saturated heterocycles. The Hall–Kier alpha value is -1.35. The number of nitrogens with zero attached hydrogens (tertiary/aromatic N) is 1. The first-order valence-corrected chi connectivity index (χ1v) is 6.38. The van der Waals surface area contributed by atoms with Crippen LogP contribution in [0.1, 0.15) is 31.4 Å². The fourth-order valence-corrected chi connectivity index (χ4v) is 2.14. The van der Waals surface area contributed by atoms with Crippen molar-refractivity contribution in [2.45, 2.75) is 33.7 Å². The molecule has 100 valence electrons. The third kappa shape index (κ3) is 3.84. The highest BCUT2D eigenvalue weighted by Crippen LogP contribution is 2.23. The molecule has 3 heteroatoms. The molecule has 0 saturated carbocycles. The minimum Gasteiger partial charge on any atom is -0.341 e. The minimum absolute atomic E-state index is 0.148. The summed E-state index contributed by atoms with van der Waals surface area (Å²) in [6, 6.07) is 8.24. The lowest BCUT2D eigenvalue weighted by atomic mass is 9.87. The number of hydrogen-bond acceptors (Lipinski definition) is 2. The molecular weight excluding hydrogens is 224 g/mol. The molecule has 2 N–H and O–H groups in total. The maximum Gasteiger partial charge on any atom is 0.228 e. The standard InChI is InChI=1S/C15H24N2O/c1-12-6-5-7-13(10-12)11-17(4)14(18)15(2,3)8-9-16/h5-7,10H,8-9,11,16H2,1-4H3. The predicted octanol–water partition coefficient (Wildman–Crippen LogP) is 2.33. The van der Waals surface area contributed by atoms with Crippen LogP contribution in [0.3, 0.4) is 0 Å². The van der Waals surface area contributed by atoms with E-state index >= 15 is 0 Å². The fraction of sp³-hybridized carbons (Fsp3) is 0.533. The topological polar surface area (TPSA) is 46.3 Å². The number of amides is 1. The second-order valence-corrected chi connectivity index (χ2v) is 5.57. The molecule has 0 unspecified atom stereocenters. The van der Waals surface area contributed by atoms with E-state index < -0.39 is 0 Å². The molecule has 0 bridgehead atoms. The molecule has 1 amide bonds. The first-order chi connectivity index (χ1) is 8.36. The molecule has 0 radical (unpaired) electrons. The van der Waals surface area contributed by atoms with Gasteiger partial charge in [0, 0.05) is 19.0 Å². The van der Waals surface area contributed by atoms with Crippen LogP contribution in [0, 0.1) is 12.3 Å². The lowest BCUT2D eigenvalue weighted by molar-refractivity contribution is -0.139. The van der Waals surface area contributed by atoms with Gasteiger partial charge in [0.05, 0.1) is 0 Å². The first-order valence-electron chi connectivity index (χ1n) is 6.38. The summed E-state index contributed by atoms with van der Waals surface area (Å²) in [4.78, 5) is 14.1. The van der Waals surface area contributed by atoms with Gasteiger partial charge in [-0.2, -0.15) is 0 Å². The van der Waals surface area contributed by atoms with Gasteiger partial charge in [-0.1, -0.05) is 43.7 Å². The van der Waals surface area contributed by atoms with Crippen molar-refractivity contribution in [1.82, 2.24) is 4.90 Å². The van der Waals surface area contributed by atoms with Gasteiger partial charge in [0.15, 0.2) is 0 Å². The van der Waals surface area contributed by atoms with E-state index in [1.165, 1.54) is 5.56 Å². The molecule has 0 atom stereocenters. The zero-order valence-electron chi connectivity index (χ0n) is 11.9. The highest BCUT2D eigenvalue weighted by atomic mass is 16.2. The Morgan fingerprint density at radius 1 is 1.39 bits per heavy atom. The largest absolute Gasteiger partial charge is 0.341 e. The van der Waals surface area contributed by atoms with Crippen LogP contribution in [-0.4, -0.2) is 24.4 Å². The van der Waals surface area contributed by atoms with E-state index in [9.17, 15) is 4.79 Å². The van der Waals surface area contributed by atoms with Crippen LogP contribution < -0.4 is 5.73 Å². The molecule has 1 rings (SSSR count). The molecule has 0 aliphatic heterocycles. The summed E-state index contributed by atoms with van der Waals surface area (Å²) in [5, 5.41) is 0. The van der Waals surface area contributed by atoms with Crippen molar-refractivity contribution in [2.24, 2.45) is 11.1 Å². The van der Waals surface area contributed by atoms with Crippen molar-refractivity contribution in [1.29, 1.82) is 0 Å². The summed E-state index contributed by atoms with van der Waals surface area (Å²) < 4.78 is 0. The van der Waals surface area contributed by atoms with Gasteiger partial charge in [0.25, 0.3) is 0 Å². The Labute approximate surface area is 110 Å². The SMILES string of the molecule is Cc1cccc(CN(C)C(=O)C(C)(C)CCN)c1. The first kappa shape index (κ1) is 14.7. The highest BCUT2D eigenvalue weighted by Gasteiger charge is 2.29. The third-order valence-corrected chi connectivity index (χ3v) is 3.20. The molecule has 18 heavy (non-hydrogen) atoms. The van der Waals surface area contributed by atoms with Gasteiger partial charge in [-0.3, -0.25) is 4.79 Å². The van der Waals surface area contributed by atoms with Gasteiger partial charge in [-0.25, -0.2) is 0 Å².